The first-order chi connectivity index (χ1) is 6.91. The van der Waals surface area contributed by atoms with Crippen molar-refractivity contribution in [1.29, 1.82) is 0 Å². The highest BCUT2D eigenvalue weighted by atomic mass is 16.5. The largest absolute Gasteiger partial charge is 0.502 e. The average molecular weight is 198 g/mol. The molecule has 0 aromatic carbocycles. The fourth-order valence-electron chi connectivity index (χ4n) is 1.05. The van der Waals surface area contributed by atoms with Gasteiger partial charge < -0.3 is 9.47 Å². The van der Waals surface area contributed by atoms with Crippen LogP contribution in [0, 0.1) is 0 Å². The van der Waals surface area contributed by atoms with Gasteiger partial charge in [-0.15, -0.1) is 0 Å². The summed E-state index contributed by atoms with van der Waals surface area (Å²) in [7, 11) is 0. The van der Waals surface area contributed by atoms with E-state index in [1.807, 2.05) is 26.0 Å². The summed E-state index contributed by atoms with van der Waals surface area (Å²) in [5, 5.41) is 0. The Kier molecular flexibility index (Phi) is 11.3. The van der Waals surface area contributed by atoms with E-state index >= 15 is 0 Å². The van der Waals surface area contributed by atoms with E-state index in [0.29, 0.717) is 0 Å². The van der Waals surface area contributed by atoms with Gasteiger partial charge >= 0.3 is 0 Å². The summed E-state index contributed by atoms with van der Waals surface area (Å²) in [4.78, 5) is 0. The highest BCUT2D eigenvalue weighted by Crippen LogP contribution is 2.00. The predicted molar refractivity (Wildman–Crippen MR) is 60.0 cm³/mol. The predicted octanol–water partition coefficient (Wildman–Crippen LogP) is 3.65. The Hall–Kier alpha value is -0.920. The molecule has 0 aromatic rings. The number of rotatable bonds is 9. The summed E-state index contributed by atoms with van der Waals surface area (Å²) < 4.78 is 10.4. The lowest BCUT2D eigenvalue weighted by molar-refractivity contribution is 0.226. The summed E-state index contributed by atoms with van der Waals surface area (Å²) in [5.74, 6) is 0. The van der Waals surface area contributed by atoms with Crippen molar-refractivity contribution in [2.75, 3.05) is 13.2 Å². The average Bonchev–Trinajstić information content (AvgIpc) is 2.21. The molecular weight excluding hydrogens is 176 g/mol. The minimum atomic E-state index is 0.833. The maximum Gasteiger partial charge on any atom is 0.0873 e. The molecule has 0 saturated carbocycles. The lowest BCUT2D eigenvalue weighted by atomic mass is 10.2. The van der Waals surface area contributed by atoms with Crippen LogP contribution < -0.4 is 0 Å². The number of hydrogen-bond donors (Lipinski definition) is 0. The molecule has 0 rings (SSSR count). The van der Waals surface area contributed by atoms with Gasteiger partial charge in [0, 0.05) is 0 Å². The molecule has 0 bridgehead atoms. The van der Waals surface area contributed by atoms with E-state index in [-0.39, 0.29) is 0 Å². The Morgan fingerprint density at radius 2 is 1.14 bits per heavy atom. The van der Waals surface area contributed by atoms with E-state index in [1.54, 1.807) is 12.5 Å². The monoisotopic (exact) mass is 198 g/mol. The van der Waals surface area contributed by atoms with Gasteiger partial charge in [-0.05, 0) is 39.5 Å². The highest BCUT2D eigenvalue weighted by molar-refractivity contribution is 4.65. The summed E-state index contributed by atoms with van der Waals surface area (Å²) in [6, 6.07) is 0. The fraction of sp³-hybridized carbons (Fsp3) is 0.667. The first-order valence-corrected chi connectivity index (χ1v) is 5.37. The van der Waals surface area contributed by atoms with Crippen molar-refractivity contribution >= 4 is 0 Å². The van der Waals surface area contributed by atoms with Gasteiger partial charge in [0.05, 0.1) is 25.7 Å². The summed E-state index contributed by atoms with van der Waals surface area (Å²) >= 11 is 0. The molecule has 0 amide bonds. The molecule has 0 N–H and O–H groups in total. The van der Waals surface area contributed by atoms with Crippen molar-refractivity contribution in [2.45, 2.75) is 39.5 Å². The summed E-state index contributed by atoms with van der Waals surface area (Å²) in [6.45, 7) is 5.58. The van der Waals surface area contributed by atoms with E-state index in [4.69, 9.17) is 9.47 Å². The maximum atomic E-state index is 5.20. The molecule has 14 heavy (non-hydrogen) atoms. The lowest BCUT2D eigenvalue weighted by Gasteiger charge is -2.01. The van der Waals surface area contributed by atoms with Crippen LogP contribution in [0.2, 0.25) is 0 Å². The van der Waals surface area contributed by atoms with Crippen LogP contribution in [0.3, 0.4) is 0 Å². The van der Waals surface area contributed by atoms with Gasteiger partial charge in [0.25, 0.3) is 0 Å². The standard InChI is InChI=1S/C12H22O2/c1-3-9-13-11-7-5-6-8-12-14-10-4-2/h3-4,9-10H,5-8,11-12H2,1-2H3. The van der Waals surface area contributed by atoms with Gasteiger partial charge in [0.15, 0.2) is 0 Å². The Morgan fingerprint density at radius 3 is 1.50 bits per heavy atom. The number of allylic oxidation sites excluding steroid dienone is 2. The first-order valence-electron chi connectivity index (χ1n) is 5.37. The number of ether oxygens (including phenoxy) is 2. The third kappa shape index (κ3) is 11.1. The molecule has 0 radical (unpaired) electrons. The molecule has 0 aliphatic rings. The molecule has 2 nitrogen and oxygen atoms in total. The molecule has 0 unspecified atom stereocenters. The topological polar surface area (TPSA) is 18.5 Å². The molecule has 0 aromatic heterocycles. The summed E-state index contributed by atoms with van der Waals surface area (Å²) in [5.41, 5.74) is 0. The Bertz CT molecular complexity index is 132. The molecule has 0 fully saturated rings. The zero-order chi connectivity index (χ0) is 10.5. The molecule has 82 valence electrons. The van der Waals surface area contributed by atoms with Crippen LogP contribution in [0.25, 0.3) is 0 Å². The van der Waals surface area contributed by atoms with Crippen LogP contribution in [-0.2, 0) is 9.47 Å². The van der Waals surface area contributed by atoms with Gasteiger partial charge in [-0.25, -0.2) is 0 Å². The molecule has 0 atom stereocenters. The van der Waals surface area contributed by atoms with Gasteiger partial charge in [0.1, 0.15) is 0 Å². The van der Waals surface area contributed by atoms with Crippen molar-refractivity contribution in [3.8, 4) is 0 Å². The van der Waals surface area contributed by atoms with Gasteiger partial charge in [0.2, 0.25) is 0 Å². The van der Waals surface area contributed by atoms with Crippen LogP contribution in [0.5, 0.6) is 0 Å². The molecule has 0 saturated heterocycles. The van der Waals surface area contributed by atoms with E-state index in [1.165, 1.54) is 12.8 Å². The number of hydrogen-bond acceptors (Lipinski definition) is 2. The Morgan fingerprint density at radius 1 is 0.714 bits per heavy atom. The lowest BCUT2D eigenvalue weighted by Crippen LogP contribution is -1.90. The second kappa shape index (κ2) is 12.1. The van der Waals surface area contributed by atoms with E-state index in [0.717, 1.165) is 26.1 Å². The second-order valence-electron chi connectivity index (χ2n) is 3.09. The normalized spacial score (nSPS) is 11.3. The van der Waals surface area contributed by atoms with E-state index in [9.17, 15) is 0 Å². The SMILES string of the molecule is CC=COCCCCCCOC=CC. The van der Waals surface area contributed by atoms with Crippen LogP contribution in [0.15, 0.2) is 24.7 Å². The Labute approximate surface area is 87.6 Å². The third-order valence-electron chi connectivity index (χ3n) is 1.74. The van der Waals surface area contributed by atoms with Gasteiger partial charge in [-0.1, -0.05) is 12.2 Å². The van der Waals surface area contributed by atoms with Crippen LogP contribution in [0.1, 0.15) is 39.5 Å². The van der Waals surface area contributed by atoms with Crippen molar-refractivity contribution in [2.24, 2.45) is 0 Å². The van der Waals surface area contributed by atoms with Crippen LogP contribution in [0.4, 0.5) is 0 Å². The third-order valence-corrected chi connectivity index (χ3v) is 1.74. The Balaban J connectivity index is 2.92. The highest BCUT2D eigenvalue weighted by Gasteiger charge is 1.89. The number of unbranched alkanes of at least 4 members (excludes halogenated alkanes) is 3. The van der Waals surface area contributed by atoms with Crippen molar-refractivity contribution in [1.82, 2.24) is 0 Å². The molecule has 0 aliphatic carbocycles. The molecule has 0 spiro atoms. The maximum absolute atomic E-state index is 5.20. The molecular formula is C12H22O2. The van der Waals surface area contributed by atoms with Gasteiger partial charge in [-0.3, -0.25) is 0 Å². The van der Waals surface area contributed by atoms with Crippen molar-refractivity contribution in [3.63, 3.8) is 0 Å². The quantitative estimate of drug-likeness (QED) is 0.416. The van der Waals surface area contributed by atoms with E-state index < -0.39 is 0 Å². The molecule has 0 aliphatic heterocycles. The summed E-state index contributed by atoms with van der Waals surface area (Å²) in [6.07, 6.45) is 12.0. The fourth-order valence-corrected chi connectivity index (χ4v) is 1.05. The zero-order valence-electron chi connectivity index (χ0n) is 9.37. The van der Waals surface area contributed by atoms with Crippen molar-refractivity contribution in [3.05, 3.63) is 24.7 Å². The zero-order valence-corrected chi connectivity index (χ0v) is 9.37. The molecule has 2 heteroatoms. The van der Waals surface area contributed by atoms with Crippen LogP contribution >= 0.6 is 0 Å². The smallest absolute Gasteiger partial charge is 0.0873 e. The van der Waals surface area contributed by atoms with Crippen molar-refractivity contribution < 1.29 is 9.47 Å². The van der Waals surface area contributed by atoms with Crippen LogP contribution in [-0.4, -0.2) is 13.2 Å². The second-order valence-corrected chi connectivity index (χ2v) is 3.09. The van der Waals surface area contributed by atoms with Gasteiger partial charge in [-0.2, -0.15) is 0 Å². The van der Waals surface area contributed by atoms with E-state index in [2.05, 4.69) is 0 Å². The minimum Gasteiger partial charge on any atom is -0.502 e. The molecule has 0 heterocycles. The first kappa shape index (κ1) is 13.1. The minimum absolute atomic E-state index is 0.833.